The van der Waals surface area contributed by atoms with Crippen LogP contribution < -0.4 is 10.0 Å². The van der Waals surface area contributed by atoms with Crippen molar-refractivity contribution in [3.63, 3.8) is 0 Å². The molecule has 0 fully saturated rings. The van der Waals surface area contributed by atoms with Gasteiger partial charge in [-0.15, -0.1) is 0 Å². The predicted octanol–water partition coefficient (Wildman–Crippen LogP) is 2.52. The maximum absolute atomic E-state index is 12.3. The molecule has 1 aromatic rings. The quantitative estimate of drug-likeness (QED) is 0.769. The summed E-state index contributed by atoms with van der Waals surface area (Å²) in [6.07, 6.45) is 1.97. The Bertz CT molecular complexity index is 557. The maximum Gasteiger partial charge on any atom is 0.240 e. The molecular formula is C15H26N2O2S2. The van der Waals surface area contributed by atoms with E-state index in [9.17, 15) is 8.42 Å². The number of hydrogen-bond donors (Lipinski definition) is 2. The number of thioether (sulfide) groups is 1. The fraction of sp³-hybridized carbons (Fsp3) is 0.600. The minimum atomic E-state index is -3.43. The van der Waals surface area contributed by atoms with E-state index in [1.165, 1.54) is 0 Å². The van der Waals surface area contributed by atoms with Crippen LogP contribution in [0.15, 0.2) is 23.1 Å². The number of sulfonamides is 1. The van der Waals surface area contributed by atoms with Crippen molar-refractivity contribution in [2.75, 3.05) is 12.8 Å². The Labute approximate surface area is 133 Å². The van der Waals surface area contributed by atoms with Crippen LogP contribution in [-0.2, 0) is 16.6 Å². The molecule has 4 nitrogen and oxygen atoms in total. The molecule has 0 saturated heterocycles. The molecule has 0 aliphatic heterocycles. The highest BCUT2D eigenvalue weighted by atomic mass is 32.2. The minimum absolute atomic E-state index is 0.257. The molecule has 0 spiro atoms. The maximum atomic E-state index is 12.3. The van der Waals surface area contributed by atoms with Crippen molar-refractivity contribution in [1.29, 1.82) is 0 Å². The first kappa shape index (κ1) is 18.5. The molecule has 0 saturated carbocycles. The van der Waals surface area contributed by atoms with E-state index in [2.05, 4.69) is 23.9 Å². The van der Waals surface area contributed by atoms with Crippen molar-refractivity contribution in [3.8, 4) is 0 Å². The highest BCUT2D eigenvalue weighted by Crippen LogP contribution is 2.16. The second-order valence-corrected chi connectivity index (χ2v) is 8.57. The molecule has 0 aliphatic carbocycles. The van der Waals surface area contributed by atoms with E-state index in [4.69, 9.17) is 0 Å². The molecule has 1 atom stereocenters. The lowest BCUT2D eigenvalue weighted by molar-refractivity contribution is 0.578. The van der Waals surface area contributed by atoms with Gasteiger partial charge < -0.3 is 5.32 Å². The molecule has 0 heterocycles. The van der Waals surface area contributed by atoms with E-state index in [0.717, 1.165) is 11.1 Å². The van der Waals surface area contributed by atoms with Crippen LogP contribution in [0.3, 0.4) is 0 Å². The van der Waals surface area contributed by atoms with Crippen molar-refractivity contribution in [2.45, 2.75) is 50.4 Å². The summed E-state index contributed by atoms with van der Waals surface area (Å²) < 4.78 is 27.3. The Kier molecular flexibility index (Phi) is 7.20. The Morgan fingerprint density at radius 1 is 1.24 bits per heavy atom. The predicted molar refractivity (Wildman–Crippen MR) is 91.3 cm³/mol. The highest BCUT2D eigenvalue weighted by Gasteiger charge is 2.16. The molecule has 0 amide bonds. The first-order valence-corrected chi connectivity index (χ1v) is 9.88. The van der Waals surface area contributed by atoms with E-state index in [-0.39, 0.29) is 5.25 Å². The van der Waals surface area contributed by atoms with Crippen LogP contribution >= 0.6 is 11.8 Å². The van der Waals surface area contributed by atoms with Crippen molar-refractivity contribution >= 4 is 21.8 Å². The Morgan fingerprint density at radius 2 is 1.90 bits per heavy atom. The summed E-state index contributed by atoms with van der Waals surface area (Å²) in [6, 6.07) is 5.66. The number of nitrogens with one attached hydrogen (secondary N) is 2. The summed E-state index contributed by atoms with van der Waals surface area (Å²) in [5.74, 6) is 0. The molecular weight excluding hydrogens is 304 g/mol. The van der Waals surface area contributed by atoms with Crippen LogP contribution in [0.1, 0.15) is 31.9 Å². The number of rotatable bonds is 8. The van der Waals surface area contributed by atoms with Gasteiger partial charge in [-0.1, -0.05) is 26.8 Å². The van der Waals surface area contributed by atoms with Crippen molar-refractivity contribution in [3.05, 3.63) is 29.3 Å². The topological polar surface area (TPSA) is 58.2 Å². The molecule has 0 aromatic heterocycles. The van der Waals surface area contributed by atoms with E-state index in [1.807, 2.05) is 26.2 Å². The van der Waals surface area contributed by atoms with Gasteiger partial charge in [-0.3, -0.25) is 0 Å². The van der Waals surface area contributed by atoms with E-state index in [1.54, 1.807) is 23.9 Å². The highest BCUT2D eigenvalue weighted by molar-refractivity contribution is 7.99. The van der Waals surface area contributed by atoms with Crippen LogP contribution in [0, 0.1) is 6.92 Å². The Morgan fingerprint density at radius 3 is 2.48 bits per heavy atom. The van der Waals surface area contributed by atoms with Gasteiger partial charge in [0.1, 0.15) is 0 Å². The molecule has 0 aliphatic rings. The van der Waals surface area contributed by atoms with Gasteiger partial charge in [-0.2, -0.15) is 11.8 Å². The summed E-state index contributed by atoms with van der Waals surface area (Å²) in [5, 5.41) is 3.58. The van der Waals surface area contributed by atoms with Crippen LogP contribution in [0.2, 0.25) is 0 Å². The first-order chi connectivity index (χ1) is 9.76. The summed E-state index contributed by atoms with van der Waals surface area (Å²) >= 11 is 1.64. The molecule has 0 bridgehead atoms. The third-order valence-electron chi connectivity index (χ3n) is 3.29. The molecule has 1 aromatic carbocycles. The van der Waals surface area contributed by atoms with Gasteiger partial charge in [0.15, 0.2) is 0 Å². The fourth-order valence-corrected chi connectivity index (χ4v) is 3.25. The second kappa shape index (κ2) is 8.17. The number of hydrogen-bond acceptors (Lipinski definition) is 4. The molecule has 1 rings (SSSR count). The summed E-state index contributed by atoms with van der Waals surface area (Å²) in [7, 11) is -3.43. The second-order valence-electron chi connectivity index (χ2n) is 5.52. The monoisotopic (exact) mass is 330 g/mol. The van der Waals surface area contributed by atoms with Gasteiger partial charge in [0.25, 0.3) is 0 Å². The van der Waals surface area contributed by atoms with E-state index < -0.39 is 10.0 Å². The van der Waals surface area contributed by atoms with Gasteiger partial charge in [0, 0.05) is 24.4 Å². The average Bonchev–Trinajstić information content (AvgIpc) is 2.43. The third-order valence-corrected chi connectivity index (χ3v) is 5.69. The smallest absolute Gasteiger partial charge is 0.240 e. The Balaban J connectivity index is 2.89. The van der Waals surface area contributed by atoms with Crippen LogP contribution in [0.4, 0.5) is 0 Å². The number of aryl methyl sites for hydroxylation is 1. The van der Waals surface area contributed by atoms with Crippen molar-refractivity contribution in [2.24, 2.45) is 0 Å². The zero-order chi connectivity index (χ0) is 16.0. The largest absolute Gasteiger partial charge is 0.310 e. The average molecular weight is 331 g/mol. The normalized spacial score (nSPS) is 13.6. The van der Waals surface area contributed by atoms with Crippen molar-refractivity contribution in [1.82, 2.24) is 10.0 Å². The minimum Gasteiger partial charge on any atom is -0.310 e. The van der Waals surface area contributed by atoms with Gasteiger partial charge in [-0.25, -0.2) is 13.1 Å². The van der Waals surface area contributed by atoms with Gasteiger partial charge >= 0.3 is 0 Å². The molecule has 1 unspecified atom stereocenters. The van der Waals surface area contributed by atoms with Crippen molar-refractivity contribution < 1.29 is 8.42 Å². The van der Waals surface area contributed by atoms with E-state index in [0.29, 0.717) is 24.0 Å². The number of benzene rings is 1. The standard InChI is InChI=1S/C15H26N2O2S2/c1-11(2)16-10-14-8-15(7-6-12(14)3)21(18,19)17-9-13(4)20-5/h6-8,11,13,16-17H,9-10H2,1-5H3. The zero-order valence-corrected chi connectivity index (χ0v) is 15.1. The lowest BCUT2D eigenvalue weighted by Gasteiger charge is -2.14. The summed E-state index contributed by atoms with van der Waals surface area (Å²) in [5.41, 5.74) is 2.11. The van der Waals surface area contributed by atoms with E-state index >= 15 is 0 Å². The molecule has 120 valence electrons. The summed E-state index contributed by atoms with van der Waals surface area (Å²) in [4.78, 5) is 0.335. The molecule has 6 heteroatoms. The van der Waals surface area contributed by atoms with Crippen LogP contribution in [0.5, 0.6) is 0 Å². The van der Waals surface area contributed by atoms with Crippen LogP contribution in [0.25, 0.3) is 0 Å². The van der Waals surface area contributed by atoms with Gasteiger partial charge in [0.2, 0.25) is 10.0 Å². The fourth-order valence-electron chi connectivity index (χ4n) is 1.71. The SMILES string of the molecule is CSC(C)CNS(=O)(=O)c1ccc(C)c(CNC(C)C)c1. The van der Waals surface area contributed by atoms with Gasteiger partial charge in [0.05, 0.1) is 4.90 Å². The first-order valence-electron chi connectivity index (χ1n) is 7.11. The molecule has 0 radical (unpaired) electrons. The zero-order valence-electron chi connectivity index (χ0n) is 13.4. The lowest BCUT2D eigenvalue weighted by atomic mass is 10.1. The summed E-state index contributed by atoms with van der Waals surface area (Å²) in [6.45, 7) is 9.25. The molecule has 21 heavy (non-hydrogen) atoms. The van der Waals surface area contributed by atoms with Crippen LogP contribution in [-0.4, -0.2) is 32.5 Å². The third kappa shape index (κ3) is 5.98. The molecule has 2 N–H and O–H groups in total. The van der Waals surface area contributed by atoms with Gasteiger partial charge in [-0.05, 0) is 36.4 Å². The Hall–Kier alpha value is -0.560. The lowest BCUT2D eigenvalue weighted by Crippen LogP contribution is -2.29.